The van der Waals surface area contributed by atoms with Crippen LogP contribution < -0.4 is 16.2 Å². The Kier molecular flexibility index (Phi) is 3.71. The predicted molar refractivity (Wildman–Crippen MR) is 62.4 cm³/mol. The number of carbonyl (C=O) groups is 1. The molecule has 1 aromatic rings. The van der Waals surface area contributed by atoms with E-state index in [1.807, 2.05) is 6.92 Å². The lowest BCUT2D eigenvalue weighted by molar-refractivity contribution is -0.123. The van der Waals surface area contributed by atoms with Gasteiger partial charge < -0.3 is 5.32 Å². The maximum absolute atomic E-state index is 12.7. The highest BCUT2D eigenvalue weighted by atomic mass is 19.1. The van der Waals surface area contributed by atoms with Gasteiger partial charge in [-0.25, -0.2) is 9.82 Å². The van der Waals surface area contributed by atoms with E-state index in [0.29, 0.717) is 12.6 Å². The summed E-state index contributed by atoms with van der Waals surface area (Å²) in [5.74, 6) is -0.304. The highest BCUT2D eigenvalue weighted by Gasteiger charge is 2.26. The van der Waals surface area contributed by atoms with Gasteiger partial charge >= 0.3 is 0 Å². The molecule has 1 aliphatic rings. The van der Waals surface area contributed by atoms with Crippen molar-refractivity contribution >= 4 is 5.91 Å². The molecule has 4 nitrogen and oxygen atoms in total. The molecule has 2 unspecified atom stereocenters. The van der Waals surface area contributed by atoms with E-state index in [1.54, 1.807) is 12.1 Å². The van der Waals surface area contributed by atoms with Crippen molar-refractivity contribution in [2.24, 2.45) is 0 Å². The fourth-order valence-corrected chi connectivity index (χ4v) is 1.80. The molecule has 0 spiro atoms. The van der Waals surface area contributed by atoms with Crippen LogP contribution in [0.3, 0.4) is 0 Å². The van der Waals surface area contributed by atoms with E-state index in [-0.39, 0.29) is 17.8 Å². The molecule has 0 aromatic heterocycles. The number of amides is 1. The van der Waals surface area contributed by atoms with E-state index in [9.17, 15) is 9.18 Å². The van der Waals surface area contributed by atoms with Crippen LogP contribution in [0, 0.1) is 5.82 Å². The average Bonchev–Trinajstić information content (AvgIpc) is 2.75. The molecular weight excluding hydrogens is 221 g/mol. The third kappa shape index (κ3) is 3.25. The molecule has 0 radical (unpaired) electrons. The molecule has 1 amide bonds. The highest BCUT2D eigenvalue weighted by molar-refractivity contribution is 5.81. The molecule has 0 aliphatic carbocycles. The van der Waals surface area contributed by atoms with Gasteiger partial charge in [0.1, 0.15) is 11.9 Å². The molecule has 3 N–H and O–H groups in total. The SMILES string of the molecule is CC1CC(C(=O)NCc2ccc(F)cc2)NN1. The van der Waals surface area contributed by atoms with Crippen LogP contribution in [0.2, 0.25) is 0 Å². The highest BCUT2D eigenvalue weighted by Crippen LogP contribution is 2.05. The van der Waals surface area contributed by atoms with E-state index in [4.69, 9.17) is 0 Å². The van der Waals surface area contributed by atoms with Crippen molar-refractivity contribution in [3.8, 4) is 0 Å². The lowest BCUT2D eigenvalue weighted by Crippen LogP contribution is -2.43. The zero-order chi connectivity index (χ0) is 12.3. The Morgan fingerprint density at radius 1 is 1.41 bits per heavy atom. The Hall–Kier alpha value is -1.46. The standard InChI is InChI=1S/C12H16FN3O/c1-8-6-11(16-15-8)12(17)14-7-9-2-4-10(13)5-3-9/h2-5,8,11,15-16H,6-7H2,1H3,(H,14,17). The summed E-state index contributed by atoms with van der Waals surface area (Å²) in [7, 11) is 0. The maximum atomic E-state index is 12.7. The Morgan fingerprint density at radius 2 is 2.12 bits per heavy atom. The van der Waals surface area contributed by atoms with E-state index in [0.717, 1.165) is 12.0 Å². The van der Waals surface area contributed by atoms with Gasteiger partial charge in [0, 0.05) is 12.6 Å². The van der Waals surface area contributed by atoms with E-state index >= 15 is 0 Å². The molecule has 2 rings (SSSR count). The molecule has 1 heterocycles. The minimum Gasteiger partial charge on any atom is -0.351 e. The molecule has 2 atom stereocenters. The lowest BCUT2D eigenvalue weighted by atomic mass is 10.1. The quantitative estimate of drug-likeness (QED) is 0.725. The van der Waals surface area contributed by atoms with Crippen molar-refractivity contribution in [1.29, 1.82) is 0 Å². The lowest BCUT2D eigenvalue weighted by Gasteiger charge is -2.10. The number of halogens is 1. The molecular formula is C12H16FN3O. The summed E-state index contributed by atoms with van der Waals surface area (Å²) in [5, 5.41) is 2.82. The summed E-state index contributed by atoms with van der Waals surface area (Å²) in [6.07, 6.45) is 0.773. The second-order valence-corrected chi connectivity index (χ2v) is 4.32. The van der Waals surface area contributed by atoms with Crippen LogP contribution in [0.4, 0.5) is 4.39 Å². The number of nitrogens with one attached hydrogen (secondary N) is 3. The molecule has 5 heteroatoms. The van der Waals surface area contributed by atoms with Crippen LogP contribution in [-0.4, -0.2) is 18.0 Å². The van der Waals surface area contributed by atoms with Crippen molar-refractivity contribution < 1.29 is 9.18 Å². The van der Waals surface area contributed by atoms with Crippen LogP contribution in [-0.2, 0) is 11.3 Å². The molecule has 1 fully saturated rings. The smallest absolute Gasteiger partial charge is 0.238 e. The monoisotopic (exact) mass is 237 g/mol. The van der Waals surface area contributed by atoms with Gasteiger partial charge in [-0.3, -0.25) is 10.2 Å². The molecule has 17 heavy (non-hydrogen) atoms. The van der Waals surface area contributed by atoms with Crippen LogP contribution in [0.5, 0.6) is 0 Å². The van der Waals surface area contributed by atoms with Crippen LogP contribution >= 0.6 is 0 Å². The van der Waals surface area contributed by atoms with Crippen LogP contribution in [0.1, 0.15) is 18.9 Å². The Bertz CT molecular complexity index is 393. The predicted octanol–water partition coefficient (Wildman–Crippen LogP) is 0.697. The zero-order valence-corrected chi connectivity index (χ0v) is 9.66. The number of rotatable bonds is 3. The van der Waals surface area contributed by atoms with Gasteiger partial charge in [0.25, 0.3) is 0 Å². The van der Waals surface area contributed by atoms with Gasteiger partial charge in [0.2, 0.25) is 5.91 Å². The minimum absolute atomic E-state index is 0.0359. The first kappa shape index (κ1) is 12.0. The molecule has 1 aromatic carbocycles. The number of hydrogen-bond acceptors (Lipinski definition) is 3. The topological polar surface area (TPSA) is 53.2 Å². The second-order valence-electron chi connectivity index (χ2n) is 4.32. The normalized spacial score (nSPS) is 23.6. The Balaban J connectivity index is 1.82. The van der Waals surface area contributed by atoms with Crippen LogP contribution in [0.25, 0.3) is 0 Å². The molecule has 0 saturated carbocycles. The molecule has 92 valence electrons. The van der Waals surface area contributed by atoms with Crippen molar-refractivity contribution in [3.05, 3.63) is 35.6 Å². The largest absolute Gasteiger partial charge is 0.351 e. The zero-order valence-electron chi connectivity index (χ0n) is 9.66. The average molecular weight is 237 g/mol. The van der Waals surface area contributed by atoms with Gasteiger partial charge in [-0.05, 0) is 31.0 Å². The summed E-state index contributed by atoms with van der Waals surface area (Å²) in [5.41, 5.74) is 6.81. The summed E-state index contributed by atoms with van der Waals surface area (Å²) in [4.78, 5) is 11.7. The first-order valence-corrected chi connectivity index (χ1v) is 5.68. The first-order chi connectivity index (χ1) is 8.15. The van der Waals surface area contributed by atoms with E-state index in [1.165, 1.54) is 12.1 Å². The van der Waals surface area contributed by atoms with Crippen molar-refractivity contribution in [1.82, 2.24) is 16.2 Å². The summed E-state index contributed by atoms with van der Waals surface area (Å²) in [6.45, 7) is 2.44. The fraction of sp³-hybridized carbons (Fsp3) is 0.417. The first-order valence-electron chi connectivity index (χ1n) is 5.68. The molecule has 1 saturated heterocycles. The minimum atomic E-state index is -0.268. The molecule has 0 bridgehead atoms. The second kappa shape index (κ2) is 5.25. The van der Waals surface area contributed by atoms with Gasteiger partial charge in [0.15, 0.2) is 0 Å². The Morgan fingerprint density at radius 3 is 2.71 bits per heavy atom. The van der Waals surface area contributed by atoms with Gasteiger partial charge in [-0.2, -0.15) is 0 Å². The third-order valence-corrected chi connectivity index (χ3v) is 2.79. The summed E-state index contributed by atoms with van der Waals surface area (Å²) >= 11 is 0. The fourth-order valence-electron chi connectivity index (χ4n) is 1.80. The van der Waals surface area contributed by atoms with Crippen molar-refractivity contribution in [2.75, 3.05) is 0 Å². The summed E-state index contributed by atoms with van der Waals surface area (Å²) < 4.78 is 12.7. The van der Waals surface area contributed by atoms with Gasteiger partial charge in [-0.1, -0.05) is 12.1 Å². The number of benzene rings is 1. The third-order valence-electron chi connectivity index (χ3n) is 2.79. The van der Waals surface area contributed by atoms with Gasteiger partial charge in [0.05, 0.1) is 0 Å². The van der Waals surface area contributed by atoms with Crippen molar-refractivity contribution in [2.45, 2.75) is 32.0 Å². The maximum Gasteiger partial charge on any atom is 0.238 e. The van der Waals surface area contributed by atoms with Gasteiger partial charge in [-0.15, -0.1) is 0 Å². The summed E-state index contributed by atoms with van der Waals surface area (Å²) in [6, 6.07) is 6.22. The van der Waals surface area contributed by atoms with Crippen molar-refractivity contribution in [3.63, 3.8) is 0 Å². The number of carbonyl (C=O) groups excluding carboxylic acids is 1. The van der Waals surface area contributed by atoms with E-state index in [2.05, 4.69) is 16.2 Å². The molecule has 1 aliphatic heterocycles. The van der Waals surface area contributed by atoms with Crippen LogP contribution in [0.15, 0.2) is 24.3 Å². The van der Waals surface area contributed by atoms with E-state index < -0.39 is 0 Å². The number of hydrogen-bond donors (Lipinski definition) is 3. The number of hydrazine groups is 1. The Labute approximate surface area is 99.6 Å².